The summed E-state index contributed by atoms with van der Waals surface area (Å²) in [7, 11) is 0. The molecule has 1 rings (SSSR count). The molecule has 0 aromatic heterocycles. The Morgan fingerprint density at radius 3 is 2.63 bits per heavy atom. The lowest BCUT2D eigenvalue weighted by Gasteiger charge is -2.25. The van der Waals surface area contributed by atoms with Crippen LogP contribution >= 0.6 is 0 Å². The first-order chi connectivity index (χ1) is 9.13. The van der Waals surface area contributed by atoms with Crippen molar-refractivity contribution >= 4 is 0 Å². The van der Waals surface area contributed by atoms with E-state index >= 15 is 0 Å². The van der Waals surface area contributed by atoms with Gasteiger partial charge in [-0.15, -0.1) is 0 Å². The minimum absolute atomic E-state index is 0.0648. The number of benzene rings is 1. The van der Waals surface area contributed by atoms with Crippen LogP contribution in [0, 0.1) is 6.92 Å². The molecule has 4 nitrogen and oxygen atoms in total. The van der Waals surface area contributed by atoms with Gasteiger partial charge in [0.1, 0.15) is 5.75 Å². The molecular weight excluding hydrogens is 242 g/mol. The van der Waals surface area contributed by atoms with Crippen molar-refractivity contribution in [2.24, 2.45) is 0 Å². The second-order valence-electron chi connectivity index (χ2n) is 4.61. The molecular formula is C15H25NO3. The molecule has 2 unspecified atom stereocenters. The smallest absolute Gasteiger partial charge is 0.125 e. The number of aliphatic hydroxyl groups excluding tert-OH is 2. The maximum absolute atomic E-state index is 10.5. The Hall–Kier alpha value is -1.10. The van der Waals surface area contributed by atoms with Crippen LogP contribution < -0.4 is 10.1 Å². The Kier molecular flexibility index (Phi) is 6.84. The van der Waals surface area contributed by atoms with Crippen LogP contribution in [0.25, 0.3) is 0 Å². The number of nitrogens with one attached hydrogen (secondary N) is 1. The van der Waals surface area contributed by atoms with Crippen molar-refractivity contribution in [3.05, 3.63) is 29.3 Å². The lowest BCUT2D eigenvalue weighted by Crippen LogP contribution is -2.36. The van der Waals surface area contributed by atoms with E-state index in [1.54, 1.807) is 0 Å². The van der Waals surface area contributed by atoms with Gasteiger partial charge >= 0.3 is 0 Å². The minimum Gasteiger partial charge on any atom is -0.493 e. The van der Waals surface area contributed by atoms with Crippen LogP contribution in [0.4, 0.5) is 0 Å². The molecule has 1 aromatic carbocycles. The van der Waals surface area contributed by atoms with Gasteiger partial charge in [-0.3, -0.25) is 0 Å². The number of ether oxygens (including phenoxy) is 1. The number of aryl methyl sites for hydroxylation is 1. The van der Waals surface area contributed by atoms with Gasteiger partial charge in [-0.2, -0.15) is 0 Å². The Morgan fingerprint density at radius 2 is 2.05 bits per heavy atom. The molecule has 0 saturated heterocycles. The molecule has 0 spiro atoms. The number of hydrogen-bond donors (Lipinski definition) is 3. The minimum atomic E-state index is -0.641. The lowest BCUT2D eigenvalue weighted by atomic mass is 9.97. The van der Waals surface area contributed by atoms with Gasteiger partial charge in [-0.1, -0.05) is 18.6 Å². The summed E-state index contributed by atoms with van der Waals surface area (Å²) in [6.45, 7) is 7.05. The molecule has 0 bridgehead atoms. The van der Waals surface area contributed by atoms with Gasteiger partial charge in [0.05, 0.1) is 19.3 Å². The normalized spacial score (nSPS) is 14.2. The monoisotopic (exact) mass is 267 g/mol. The summed E-state index contributed by atoms with van der Waals surface area (Å²) >= 11 is 0. The van der Waals surface area contributed by atoms with Gasteiger partial charge in [0.2, 0.25) is 0 Å². The molecule has 0 amide bonds. The largest absolute Gasteiger partial charge is 0.493 e. The Morgan fingerprint density at radius 1 is 1.32 bits per heavy atom. The molecule has 0 radical (unpaired) electrons. The molecule has 0 fully saturated rings. The summed E-state index contributed by atoms with van der Waals surface area (Å²) in [4.78, 5) is 0. The summed E-state index contributed by atoms with van der Waals surface area (Å²) in [6, 6.07) is 5.74. The molecule has 108 valence electrons. The highest BCUT2D eigenvalue weighted by atomic mass is 16.5. The zero-order valence-corrected chi connectivity index (χ0v) is 12.0. The quantitative estimate of drug-likeness (QED) is 0.672. The molecule has 0 aliphatic carbocycles. The molecule has 0 aliphatic rings. The van der Waals surface area contributed by atoms with Gasteiger partial charge in [-0.25, -0.2) is 0 Å². The first-order valence-corrected chi connectivity index (χ1v) is 6.89. The van der Waals surface area contributed by atoms with E-state index in [4.69, 9.17) is 9.84 Å². The fourth-order valence-electron chi connectivity index (χ4n) is 2.13. The van der Waals surface area contributed by atoms with Gasteiger partial charge in [0.25, 0.3) is 0 Å². The van der Waals surface area contributed by atoms with Crippen molar-refractivity contribution in [1.29, 1.82) is 0 Å². The van der Waals surface area contributed by atoms with Crippen LogP contribution in [0.3, 0.4) is 0 Å². The molecule has 3 N–H and O–H groups in total. The Labute approximate surface area is 115 Å². The number of aliphatic hydroxyl groups is 2. The van der Waals surface area contributed by atoms with Crippen molar-refractivity contribution in [2.75, 3.05) is 19.8 Å². The first-order valence-electron chi connectivity index (χ1n) is 6.89. The molecule has 2 atom stereocenters. The van der Waals surface area contributed by atoms with E-state index in [1.807, 2.05) is 39.0 Å². The van der Waals surface area contributed by atoms with Crippen molar-refractivity contribution < 1.29 is 14.9 Å². The first kappa shape index (κ1) is 16.0. The van der Waals surface area contributed by atoms with Crippen LogP contribution in [0.5, 0.6) is 5.75 Å². The summed E-state index contributed by atoms with van der Waals surface area (Å²) < 4.78 is 5.58. The fraction of sp³-hybridized carbons (Fsp3) is 0.600. The number of rotatable bonds is 8. The molecule has 0 saturated carbocycles. The van der Waals surface area contributed by atoms with Gasteiger partial charge in [0, 0.05) is 18.2 Å². The van der Waals surface area contributed by atoms with Crippen LogP contribution in [-0.2, 0) is 0 Å². The average molecular weight is 267 g/mol. The van der Waals surface area contributed by atoms with Crippen molar-refractivity contribution in [1.82, 2.24) is 5.32 Å². The van der Waals surface area contributed by atoms with E-state index in [0.717, 1.165) is 23.3 Å². The summed E-state index contributed by atoms with van der Waals surface area (Å²) in [6.07, 6.45) is 0.138. The third-order valence-corrected chi connectivity index (χ3v) is 3.12. The summed E-state index contributed by atoms with van der Waals surface area (Å²) in [5, 5.41) is 22.5. The van der Waals surface area contributed by atoms with Gasteiger partial charge < -0.3 is 20.3 Å². The Balaban J connectivity index is 2.94. The molecule has 1 aromatic rings. The van der Waals surface area contributed by atoms with Crippen molar-refractivity contribution in [2.45, 2.75) is 39.3 Å². The molecule has 0 heterocycles. The third kappa shape index (κ3) is 4.49. The zero-order valence-electron chi connectivity index (χ0n) is 12.0. The maximum atomic E-state index is 10.5. The SMILES string of the molecule is CCOc1ccc(C)cc1C(O)C(CC)NCCO. The molecule has 4 heteroatoms. The lowest BCUT2D eigenvalue weighted by molar-refractivity contribution is 0.118. The van der Waals surface area contributed by atoms with E-state index in [-0.39, 0.29) is 12.6 Å². The number of hydrogen-bond acceptors (Lipinski definition) is 4. The van der Waals surface area contributed by atoms with Gasteiger partial charge in [-0.05, 0) is 32.4 Å². The predicted molar refractivity (Wildman–Crippen MR) is 76.5 cm³/mol. The van der Waals surface area contributed by atoms with Crippen molar-refractivity contribution in [3.63, 3.8) is 0 Å². The maximum Gasteiger partial charge on any atom is 0.125 e. The summed E-state index contributed by atoms with van der Waals surface area (Å²) in [5.74, 6) is 0.727. The highest BCUT2D eigenvalue weighted by molar-refractivity contribution is 5.39. The van der Waals surface area contributed by atoms with E-state index in [1.165, 1.54) is 0 Å². The van der Waals surface area contributed by atoms with Crippen LogP contribution in [-0.4, -0.2) is 36.0 Å². The molecule has 19 heavy (non-hydrogen) atoms. The third-order valence-electron chi connectivity index (χ3n) is 3.12. The van der Waals surface area contributed by atoms with Crippen molar-refractivity contribution in [3.8, 4) is 5.75 Å². The van der Waals surface area contributed by atoms with Crippen LogP contribution in [0.2, 0.25) is 0 Å². The molecule has 0 aliphatic heterocycles. The van der Waals surface area contributed by atoms with E-state index in [2.05, 4.69) is 5.32 Å². The summed E-state index contributed by atoms with van der Waals surface area (Å²) in [5.41, 5.74) is 1.90. The predicted octanol–water partition coefficient (Wildman–Crippen LogP) is 1.79. The van der Waals surface area contributed by atoms with E-state index in [0.29, 0.717) is 13.2 Å². The highest BCUT2D eigenvalue weighted by Crippen LogP contribution is 2.29. The Bertz CT molecular complexity index is 382. The topological polar surface area (TPSA) is 61.7 Å². The second kappa shape index (κ2) is 8.15. The van der Waals surface area contributed by atoms with E-state index < -0.39 is 6.10 Å². The average Bonchev–Trinajstić information content (AvgIpc) is 2.41. The second-order valence-corrected chi connectivity index (χ2v) is 4.61. The zero-order chi connectivity index (χ0) is 14.3. The van der Waals surface area contributed by atoms with E-state index in [9.17, 15) is 5.11 Å². The standard InChI is InChI=1S/C15H25NO3/c1-4-13(16-8-9-17)15(18)12-10-11(3)6-7-14(12)19-5-2/h6-7,10,13,15-18H,4-5,8-9H2,1-3H3. The highest BCUT2D eigenvalue weighted by Gasteiger charge is 2.22. The van der Waals surface area contributed by atoms with Crippen LogP contribution in [0.15, 0.2) is 18.2 Å². The van der Waals surface area contributed by atoms with Crippen LogP contribution in [0.1, 0.15) is 37.5 Å². The fourth-order valence-corrected chi connectivity index (χ4v) is 2.13. The van der Waals surface area contributed by atoms with Gasteiger partial charge in [0.15, 0.2) is 0 Å².